The van der Waals surface area contributed by atoms with Crippen molar-refractivity contribution in [3.63, 3.8) is 0 Å². The van der Waals surface area contributed by atoms with Crippen LogP contribution in [0.3, 0.4) is 0 Å². The van der Waals surface area contributed by atoms with Crippen molar-refractivity contribution in [2.24, 2.45) is 5.92 Å². The molecule has 2 N–H and O–H groups in total. The number of benzene rings is 1. The maximum Gasteiger partial charge on any atom is 0.227 e. The molecule has 0 aromatic heterocycles. The number of amides is 2. The van der Waals surface area contributed by atoms with Crippen molar-refractivity contribution < 1.29 is 14.7 Å². The van der Waals surface area contributed by atoms with Crippen molar-refractivity contribution in [2.45, 2.75) is 32.2 Å². The first kappa shape index (κ1) is 16.5. The molecule has 0 saturated carbocycles. The fourth-order valence-corrected chi connectivity index (χ4v) is 2.71. The summed E-state index contributed by atoms with van der Waals surface area (Å²) < 4.78 is 0. The van der Waals surface area contributed by atoms with Crippen molar-refractivity contribution in [3.05, 3.63) is 35.9 Å². The smallest absolute Gasteiger partial charge is 0.227 e. The summed E-state index contributed by atoms with van der Waals surface area (Å²) in [7, 11) is 0. The third kappa shape index (κ3) is 4.56. The van der Waals surface area contributed by atoms with E-state index in [9.17, 15) is 9.59 Å². The fraction of sp³-hybridized carbons (Fsp3) is 0.529. The van der Waals surface area contributed by atoms with E-state index in [-0.39, 0.29) is 30.4 Å². The predicted molar refractivity (Wildman–Crippen MR) is 84.1 cm³/mol. The molecule has 1 heterocycles. The summed E-state index contributed by atoms with van der Waals surface area (Å²) in [6, 6.07) is 9.40. The normalized spacial score (nSPS) is 19.5. The lowest BCUT2D eigenvalue weighted by atomic mass is 9.96. The van der Waals surface area contributed by atoms with Gasteiger partial charge in [0, 0.05) is 19.1 Å². The molecule has 2 rings (SSSR count). The van der Waals surface area contributed by atoms with E-state index in [2.05, 4.69) is 5.32 Å². The Morgan fingerprint density at radius 2 is 2.09 bits per heavy atom. The molecule has 1 aromatic carbocycles. The largest absolute Gasteiger partial charge is 0.394 e. The Morgan fingerprint density at radius 1 is 1.36 bits per heavy atom. The van der Waals surface area contributed by atoms with Gasteiger partial charge in [-0.1, -0.05) is 30.3 Å². The molecule has 120 valence electrons. The standard InChI is InChI=1S/C17H24N2O3/c1-13(12-20)18-17(22)15-8-5-9-19(11-15)16(21)10-14-6-3-2-4-7-14/h2-4,6-7,13,15,20H,5,8-12H2,1H3,(H,18,22). The highest BCUT2D eigenvalue weighted by molar-refractivity contribution is 5.82. The molecule has 1 aliphatic heterocycles. The third-order valence-corrected chi connectivity index (χ3v) is 4.01. The number of carbonyl (C=O) groups is 2. The van der Waals surface area contributed by atoms with Gasteiger partial charge in [-0.2, -0.15) is 0 Å². The van der Waals surface area contributed by atoms with Gasteiger partial charge in [-0.25, -0.2) is 0 Å². The summed E-state index contributed by atoms with van der Waals surface area (Å²) in [5.74, 6) is -0.180. The van der Waals surface area contributed by atoms with Crippen LogP contribution in [0.15, 0.2) is 30.3 Å². The molecular weight excluding hydrogens is 280 g/mol. The highest BCUT2D eigenvalue weighted by Crippen LogP contribution is 2.18. The van der Waals surface area contributed by atoms with Crippen LogP contribution in [0.4, 0.5) is 0 Å². The van der Waals surface area contributed by atoms with Crippen LogP contribution < -0.4 is 5.32 Å². The third-order valence-electron chi connectivity index (χ3n) is 4.01. The van der Waals surface area contributed by atoms with E-state index >= 15 is 0 Å². The van der Waals surface area contributed by atoms with Gasteiger partial charge in [0.15, 0.2) is 0 Å². The first-order valence-electron chi connectivity index (χ1n) is 7.83. The SMILES string of the molecule is CC(CO)NC(=O)C1CCCN(C(=O)Cc2ccccc2)C1. The molecule has 2 unspecified atom stereocenters. The zero-order chi connectivity index (χ0) is 15.9. The number of piperidine rings is 1. The van der Waals surface area contributed by atoms with Crippen LogP contribution in [0, 0.1) is 5.92 Å². The molecule has 22 heavy (non-hydrogen) atoms. The van der Waals surface area contributed by atoms with Crippen LogP contribution in [0.25, 0.3) is 0 Å². The summed E-state index contributed by atoms with van der Waals surface area (Å²) in [6.07, 6.45) is 2.01. The molecule has 0 spiro atoms. The van der Waals surface area contributed by atoms with Gasteiger partial charge in [0.2, 0.25) is 11.8 Å². The highest BCUT2D eigenvalue weighted by atomic mass is 16.3. The van der Waals surface area contributed by atoms with Gasteiger partial charge in [-0.05, 0) is 25.3 Å². The summed E-state index contributed by atoms with van der Waals surface area (Å²) in [6.45, 7) is 2.87. The second-order valence-corrected chi connectivity index (χ2v) is 5.93. The Balaban J connectivity index is 1.89. The number of aliphatic hydroxyl groups excluding tert-OH is 1. The molecule has 0 aliphatic carbocycles. The van der Waals surface area contributed by atoms with Crippen LogP contribution in [0.5, 0.6) is 0 Å². The number of nitrogens with zero attached hydrogens (tertiary/aromatic N) is 1. The van der Waals surface area contributed by atoms with Gasteiger partial charge >= 0.3 is 0 Å². The highest BCUT2D eigenvalue weighted by Gasteiger charge is 2.28. The first-order valence-corrected chi connectivity index (χ1v) is 7.83. The molecule has 1 aromatic rings. The summed E-state index contributed by atoms with van der Waals surface area (Å²) in [4.78, 5) is 26.3. The number of nitrogens with one attached hydrogen (secondary N) is 1. The van der Waals surface area contributed by atoms with E-state index in [1.54, 1.807) is 11.8 Å². The molecule has 2 amide bonds. The average molecular weight is 304 g/mol. The van der Waals surface area contributed by atoms with E-state index < -0.39 is 0 Å². The predicted octanol–water partition coefficient (Wildman–Crippen LogP) is 0.965. The minimum Gasteiger partial charge on any atom is -0.394 e. The minimum absolute atomic E-state index is 0.0684. The summed E-state index contributed by atoms with van der Waals surface area (Å²) >= 11 is 0. The van der Waals surface area contributed by atoms with Gasteiger partial charge in [0.25, 0.3) is 0 Å². The Hall–Kier alpha value is -1.88. The van der Waals surface area contributed by atoms with Crippen molar-refractivity contribution in [2.75, 3.05) is 19.7 Å². The first-order chi connectivity index (χ1) is 10.6. The van der Waals surface area contributed by atoms with Crippen molar-refractivity contribution in [3.8, 4) is 0 Å². The van der Waals surface area contributed by atoms with Crippen LogP contribution >= 0.6 is 0 Å². The van der Waals surface area contributed by atoms with Crippen molar-refractivity contribution >= 4 is 11.8 Å². The Morgan fingerprint density at radius 3 is 2.77 bits per heavy atom. The quantitative estimate of drug-likeness (QED) is 0.851. The Kier molecular flexibility index (Phi) is 5.95. The average Bonchev–Trinajstić information content (AvgIpc) is 2.55. The van der Waals surface area contributed by atoms with Gasteiger partial charge in [-0.15, -0.1) is 0 Å². The number of hydrogen-bond acceptors (Lipinski definition) is 3. The molecular formula is C17H24N2O3. The second kappa shape index (κ2) is 7.94. The zero-order valence-corrected chi connectivity index (χ0v) is 13.0. The maximum atomic E-state index is 12.4. The van der Waals surface area contributed by atoms with Gasteiger partial charge in [0.1, 0.15) is 0 Å². The van der Waals surface area contributed by atoms with E-state index in [4.69, 9.17) is 5.11 Å². The number of rotatable bonds is 5. The lowest BCUT2D eigenvalue weighted by Crippen LogP contribution is -2.48. The lowest BCUT2D eigenvalue weighted by Gasteiger charge is -2.32. The topological polar surface area (TPSA) is 69.6 Å². The molecule has 0 radical (unpaired) electrons. The van der Waals surface area contributed by atoms with Crippen LogP contribution in [-0.4, -0.2) is 47.6 Å². The number of carbonyl (C=O) groups excluding carboxylic acids is 2. The molecule has 5 heteroatoms. The van der Waals surface area contributed by atoms with E-state index in [1.165, 1.54) is 0 Å². The minimum atomic E-state index is -0.247. The molecule has 0 bridgehead atoms. The second-order valence-electron chi connectivity index (χ2n) is 5.93. The van der Waals surface area contributed by atoms with Crippen LogP contribution in [-0.2, 0) is 16.0 Å². The van der Waals surface area contributed by atoms with Crippen molar-refractivity contribution in [1.82, 2.24) is 10.2 Å². The maximum absolute atomic E-state index is 12.4. The number of aliphatic hydroxyl groups is 1. The van der Waals surface area contributed by atoms with Gasteiger partial charge in [-0.3, -0.25) is 9.59 Å². The summed E-state index contributed by atoms with van der Waals surface area (Å²) in [5.41, 5.74) is 0.993. The Bertz CT molecular complexity index is 504. The van der Waals surface area contributed by atoms with E-state index in [1.807, 2.05) is 30.3 Å². The van der Waals surface area contributed by atoms with Gasteiger partial charge in [0.05, 0.1) is 18.9 Å². The molecule has 1 fully saturated rings. The molecule has 1 aliphatic rings. The fourth-order valence-electron chi connectivity index (χ4n) is 2.71. The van der Waals surface area contributed by atoms with Gasteiger partial charge < -0.3 is 15.3 Å². The molecule has 1 saturated heterocycles. The van der Waals surface area contributed by atoms with Crippen LogP contribution in [0.2, 0.25) is 0 Å². The molecule has 5 nitrogen and oxygen atoms in total. The number of hydrogen-bond donors (Lipinski definition) is 2. The Labute approximate surface area is 131 Å². The van der Waals surface area contributed by atoms with E-state index in [0.717, 1.165) is 18.4 Å². The lowest BCUT2D eigenvalue weighted by molar-refractivity contribution is -0.135. The van der Waals surface area contributed by atoms with Crippen LogP contribution in [0.1, 0.15) is 25.3 Å². The summed E-state index contributed by atoms with van der Waals surface area (Å²) in [5, 5.41) is 11.8. The van der Waals surface area contributed by atoms with E-state index in [0.29, 0.717) is 19.5 Å². The monoisotopic (exact) mass is 304 g/mol. The van der Waals surface area contributed by atoms with Crippen molar-refractivity contribution in [1.29, 1.82) is 0 Å². The molecule has 2 atom stereocenters. The number of likely N-dealkylation sites (tertiary alicyclic amines) is 1. The zero-order valence-electron chi connectivity index (χ0n) is 13.0.